The smallest absolute Gasteiger partial charge is 0.133 e. The zero-order chi connectivity index (χ0) is 9.14. The lowest BCUT2D eigenvalue weighted by Crippen LogP contribution is -2.06. The van der Waals surface area contributed by atoms with Crippen molar-refractivity contribution in [3.05, 3.63) is 16.4 Å². The molecule has 5 heteroatoms. The number of rotatable bonds is 3. The lowest BCUT2D eigenvalue weighted by atomic mass is 10.1. The van der Waals surface area contributed by atoms with Gasteiger partial charge in [-0.05, 0) is 28.9 Å². The van der Waals surface area contributed by atoms with Gasteiger partial charge in [-0.1, -0.05) is 0 Å². The molecule has 1 rings (SSSR count). The van der Waals surface area contributed by atoms with Crippen LogP contribution in [0.4, 0.5) is 0 Å². The molecule has 0 spiro atoms. The van der Waals surface area contributed by atoms with Gasteiger partial charge in [0.2, 0.25) is 0 Å². The molecule has 1 aromatic rings. The Balaban J connectivity index is 2.79. The Labute approximate surface area is 79.5 Å². The fourth-order valence-corrected chi connectivity index (χ4v) is 1.63. The summed E-state index contributed by atoms with van der Waals surface area (Å²) in [5.41, 5.74) is 6.12. The van der Waals surface area contributed by atoms with Crippen molar-refractivity contribution in [3.63, 3.8) is 0 Å². The Morgan fingerprint density at radius 2 is 2.50 bits per heavy atom. The molecule has 0 aliphatic carbocycles. The predicted molar refractivity (Wildman–Crippen MR) is 49.5 cm³/mol. The largest absolute Gasteiger partial charge is 0.388 e. The molecule has 0 fully saturated rings. The van der Waals surface area contributed by atoms with Crippen molar-refractivity contribution in [2.75, 3.05) is 6.54 Å². The minimum atomic E-state index is -0.516. The molecule has 0 radical (unpaired) electrons. The molecule has 0 saturated carbocycles. The number of aliphatic hydroxyl groups excluding tert-OH is 1. The zero-order valence-electron chi connectivity index (χ0n) is 6.87. The lowest BCUT2D eigenvalue weighted by Gasteiger charge is -2.05. The Morgan fingerprint density at radius 3 is 2.92 bits per heavy atom. The molecule has 1 atom stereocenters. The van der Waals surface area contributed by atoms with E-state index in [9.17, 15) is 5.11 Å². The molecule has 0 saturated heterocycles. The topological polar surface area (TPSA) is 64.1 Å². The maximum absolute atomic E-state index is 9.55. The first-order valence-electron chi connectivity index (χ1n) is 3.72. The maximum atomic E-state index is 9.55. The monoisotopic (exact) mass is 233 g/mol. The third-order valence-electron chi connectivity index (χ3n) is 1.61. The van der Waals surface area contributed by atoms with Gasteiger partial charge < -0.3 is 10.8 Å². The Morgan fingerprint density at radius 1 is 1.83 bits per heavy atom. The summed E-state index contributed by atoms with van der Waals surface area (Å²) in [6.45, 7) is 0.475. The van der Waals surface area contributed by atoms with E-state index in [1.54, 1.807) is 10.9 Å². The van der Waals surface area contributed by atoms with Crippen molar-refractivity contribution >= 4 is 15.9 Å². The van der Waals surface area contributed by atoms with Crippen LogP contribution in [-0.2, 0) is 7.05 Å². The normalized spacial score (nSPS) is 13.3. The number of nitrogens with zero attached hydrogens (tertiary/aromatic N) is 2. The minimum absolute atomic E-state index is 0.475. The van der Waals surface area contributed by atoms with Gasteiger partial charge in [0.1, 0.15) is 4.60 Å². The van der Waals surface area contributed by atoms with Crippen LogP contribution in [0.3, 0.4) is 0 Å². The van der Waals surface area contributed by atoms with Crippen molar-refractivity contribution in [1.82, 2.24) is 9.78 Å². The molecule has 4 nitrogen and oxygen atoms in total. The number of aromatic nitrogens is 2. The van der Waals surface area contributed by atoms with Crippen LogP contribution < -0.4 is 5.73 Å². The summed E-state index contributed by atoms with van der Waals surface area (Å²) in [5.74, 6) is 0. The van der Waals surface area contributed by atoms with E-state index in [0.717, 1.165) is 5.56 Å². The second-order valence-corrected chi connectivity index (χ2v) is 3.39. The number of hydrogen-bond acceptors (Lipinski definition) is 3. The molecule has 0 aromatic carbocycles. The summed E-state index contributed by atoms with van der Waals surface area (Å²) in [5, 5.41) is 13.6. The van der Waals surface area contributed by atoms with Crippen LogP contribution in [0, 0.1) is 0 Å². The maximum Gasteiger partial charge on any atom is 0.133 e. The summed E-state index contributed by atoms with van der Waals surface area (Å²) in [6, 6.07) is 0. The van der Waals surface area contributed by atoms with Crippen LogP contribution >= 0.6 is 15.9 Å². The molecule has 12 heavy (non-hydrogen) atoms. The molecule has 1 aromatic heterocycles. The molecule has 0 amide bonds. The summed E-state index contributed by atoms with van der Waals surface area (Å²) < 4.78 is 2.34. The summed E-state index contributed by atoms with van der Waals surface area (Å²) in [6.07, 6.45) is 1.83. The number of halogens is 1. The van der Waals surface area contributed by atoms with Crippen molar-refractivity contribution in [2.24, 2.45) is 12.8 Å². The first-order chi connectivity index (χ1) is 5.65. The number of aryl methyl sites for hydroxylation is 1. The minimum Gasteiger partial charge on any atom is -0.388 e. The summed E-state index contributed by atoms with van der Waals surface area (Å²) in [7, 11) is 1.81. The number of nitrogens with two attached hydrogens (primary N) is 1. The summed E-state index contributed by atoms with van der Waals surface area (Å²) in [4.78, 5) is 0. The van der Waals surface area contributed by atoms with Gasteiger partial charge in [0.25, 0.3) is 0 Å². The van der Waals surface area contributed by atoms with Crippen LogP contribution in [0.2, 0.25) is 0 Å². The Bertz CT molecular complexity index is 261. The molecular formula is C7H12BrN3O. The highest BCUT2D eigenvalue weighted by Crippen LogP contribution is 2.23. The standard InChI is InChI=1S/C7H12BrN3O/c1-11-4-5(7(8)10-11)6(12)2-3-9/h4,6,12H,2-3,9H2,1H3. The van der Waals surface area contributed by atoms with Gasteiger partial charge in [0.05, 0.1) is 6.10 Å². The SMILES string of the molecule is Cn1cc(C(O)CCN)c(Br)n1. The second kappa shape index (κ2) is 4.02. The highest BCUT2D eigenvalue weighted by molar-refractivity contribution is 9.10. The number of hydrogen-bond donors (Lipinski definition) is 2. The first-order valence-corrected chi connectivity index (χ1v) is 4.51. The fraction of sp³-hybridized carbons (Fsp3) is 0.571. The van der Waals surface area contributed by atoms with Crippen molar-refractivity contribution in [3.8, 4) is 0 Å². The van der Waals surface area contributed by atoms with Gasteiger partial charge in [-0.3, -0.25) is 4.68 Å². The van der Waals surface area contributed by atoms with Gasteiger partial charge in [-0.25, -0.2) is 0 Å². The molecule has 0 aliphatic heterocycles. The van der Waals surface area contributed by atoms with E-state index in [4.69, 9.17) is 5.73 Å². The molecule has 68 valence electrons. The highest BCUT2D eigenvalue weighted by atomic mass is 79.9. The van der Waals surface area contributed by atoms with E-state index in [1.165, 1.54) is 0 Å². The summed E-state index contributed by atoms with van der Waals surface area (Å²) >= 11 is 3.25. The van der Waals surface area contributed by atoms with E-state index in [1.807, 2.05) is 7.05 Å². The quantitative estimate of drug-likeness (QED) is 0.803. The molecule has 3 N–H and O–H groups in total. The van der Waals surface area contributed by atoms with E-state index in [2.05, 4.69) is 21.0 Å². The molecular weight excluding hydrogens is 222 g/mol. The lowest BCUT2D eigenvalue weighted by molar-refractivity contribution is 0.169. The first kappa shape index (κ1) is 9.70. The fourth-order valence-electron chi connectivity index (χ4n) is 1.02. The predicted octanol–water partition coefficient (Wildman–Crippen LogP) is 0.565. The molecule has 0 aliphatic rings. The van der Waals surface area contributed by atoms with Crippen molar-refractivity contribution in [2.45, 2.75) is 12.5 Å². The van der Waals surface area contributed by atoms with E-state index >= 15 is 0 Å². The zero-order valence-corrected chi connectivity index (χ0v) is 8.45. The van der Waals surface area contributed by atoms with E-state index in [0.29, 0.717) is 17.6 Å². The van der Waals surface area contributed by atoms with Crippen LogP contribution in [0.1, 0.15) is 18.1 Å². The van der Waals surface area contributed by atoms with Crippen LogP contribution in [0.15, 0.2) is 10.8 Å². The highest BCUT2D eigenvalue weighted by Gasteiger charge is 2.13. The van der Waals surface area contributed by atoms with Gasteiger partial charge in [-0.15, -0.1) is 0 Å². The van der Waals surface area contributed by atoms with Gasteiger partial charge in [-0.2, -0.15) is 5.10 Å². The molecule has 1 unspecified atom stereocenters. The Hall–Kier alpha value is -0.390. The third kappa shape index (κ3) is 2.06. The average molecular weight is 234 g/mol. The van der Waals surface area contributed by atoms with Crippen LogP contribution in [0.25, 0.3) is 0 Å². The van der Waals surface area contributed by atoms with Crippen LogP contribution in [-0.4, -0.2) is 21.4 Å². The molecule has 1 heterocycles. The van der Waals surface area contributed by atoms with Crippen molar-refractivity contribution in [1.29, 1.82) is 0 Å². The van der Waals surface area contributed by atoms with Gasteiger partial charge in [0.15, 0.2) is 0 Å². The van der Waals surface area contributed by atoms with E-state index < -0.39 is 6.10 Å². The number of aliphatic hydroxyl groups is 1. The van der Waals surface area contributed by atoms with Gasteiger partial charge in [0, 0.05) is 18.8 Å². The average Bonchev–Trinajstić information content (AvgIpc) is 2.30. The second-order valence-electron chi connectivity index (χ2n) is 2.64. The van der Waals surface area contributed by atoms with Gasteiger partial charge >= 0.3 is 0 Å². The Kier molecular flexibility index (Phi) is 3.25. The van der Waals surface area contributed by atoms with Crippen molar-refractivity contribution < 1.29 is 5.11 Å². The third-order valence-corrected chi connectivity index (χ3v) is 2.23. The van der Waals surface area contributed by atoms with E-state index in [-0.39, 0.29) is 0 Å². The molecule has 0 bridgehead atoms. The van der Waals surface area contributed by atoms with Crippen LogP contribution in [0.5, 0.6) is 0 Å².